The van der Waals surface area contributed by atoms with Gasteiger partial charge in [-0.05, 0) is 124 Å². The third-order valence-electron chi connectivity index (χ3n) is 12.7. The molecular formula is C46H40. The van der Waals surface area contributed by atoms with Gasteiger partial charge in [0.15, 0.2) is 0 Å². The van der Waals surface area contributed by atoms with Crippen LogP contribution < -0.4 is 0 Å². The Labute approximate surface area is 273 Å². The van der Waals surface area contributed by atoms with Crippen LogP contribution in [0.15, 0.2) is 97.1 Å². The summed E-state index contributed by atoms with van der Waals surface area (Å²) in [6, 6.07) is 37.1. The zero-order valence-corrected chi connectivity index (χ0v) is 28.2. The average Bonchev–Trinajstić information content (AvgIpc) is 3.42. The molecule has 10 rings (SSSR count). The molecule has 0 unspecified atom stereocenters. The highest BCUT2D eigenvalue weighted by Crippen LogP contribution is 2.69. The van der Waals surface area contributed by atoms with Gasteiger partial charge in [-0.25, -0.2) is 0 Å². The van der Waals surface area contributed by atoms with E-state index in [1.807, 2.05) is 0 Å². The maximum atomic E-state index is 2.54. The van der Waals surface area contributed by atoms with E-state index in [-0.39, 0.29) is 21.7 Å². The lowest BCUT2D eigenvalue weighted by molar-refractivity contribution is 0.600. The van der Waals surface area contributed by atoms with Crippen LogP contribution in [0.2, 0.25) is 0 Å². The first kappa shape index (κ1) is 26.8. The van der Waals surface area contributed by atoms with Crippen molar-refractivity contribution in [2.75, 3.05) is 0 Å². The van der Waals surface area contributed by atoms with Gasteiger partial charge in [-0.15, -0.1) is 0 Å². The molecule has 224 valence electrons. The van der Waals surface area contributed by atoms with Crippen molar-refractivity contribution in [3.63, 3.8) is 0 Å². The molecule has 0 amide bonds. The minimum Gasteiger partial charge on any atom is -0.0622 e. The summed E-state index contributed by atoms with van der Waals surface area (Å²) in [4.78, 5) is 0. The molecule has 4 aliphatic carbocycles. The minimum absolute atomic E-state index is 0.120. The molecule has 6 aromatic carbocycles. The van der Waals surface area contributed by atoms with E-state index < -0.39 is 0 Å². The van der Waals surface area contributed by atoms with E-state index in [1.165, 1.54) is 88.7 Å². The van der Waals surface area contributed by atoms with Crippen molar-refractivity contribution in [2.24, 2.45) is 0 Å². The van der Waals surface area contributed by atoms with Crippen molar-refractivity contribution in [1.82, 2.24) is 0 Å². The Morgan fingerprint density at radius 1 is 0.304 bits per heavy atom. The van der Waals surface area contributed by atoms with Gasteiger partial charge in [0.05, 0.1) is 0 Å². The number of benzene rings is 6. The van der Waals surface area contributed by atoms with Gasteiger partial charge in [0.25, 0.3) is 0 Å². The van der Waals surface area contributed by atoms with Gasteiger partial charge in [0.2, 0.25) is 0 Å². The molecule has 0 aromatic heterocycles. The molecule has 0 N–H and O–H groups in total. The first-order chi connectivity index (χ1) is 21.9. The van der Waals surface area contributed by atoms with Gasteiger partial charge in [-0.2, -0.15) is 0 Å². The van der Waals surface area contributed by atoms with Crippen LogP contribution in [0, 0.1) is 0 Å². The van der Waals surface area contributed by atoms with Crippen LogP contribution in [0.3, 0.4) is 0 Å². The van der Waals surface area contributed by atoms with Gasteiger partial charge in [0, 0.05) is 21.7 Å². The average molecular weight is 593 g/mol. The molecule has 0 bridgehead atoms. The smallest absolute Gasteiger partial charge is 0.0162 e. The Kier molecular flexibility index (Phi) is 4.61. The van der Waals surface area contributed by atoms with Gasteiger partial charge in [-0.1, -0.05) is 128 Å². The standard InChI is InChI=1S/C46H40/c1-43(2)29-19-20-30-38-37(29)39-35-31(43)21-27(25-15-11-9-12-16-25)23-33(35)45(5,6)41(39)42-40(38)36-32(44(30,3)4)22-28(24-34(36)46(42,7)8)26-17-13-10-14-18-26/h9-24H,1-8H3. The second kappa shape index (κ2) is 7.92. The molecule has 0 saturated heterocycles. The molecule has 0 heteroatoms. The molecule has 0 heterocycles. The lowest BCUT2D eigenvalue weighted by Crippen LogP contribution is -2.28. The normalized spacial score (nSPS) is 18.7. The molecule has 0 aliphatic heterocycles. The number of fused-ring (bicyclic) bond motifs is 1. The second-order valence-corrected chi connectivity index (χ2v) is 16.5. The molecule has 0 radical (unpaired) electrons. The van der Waals surface area contributed by atoms with Crippen LogP contribution >= 0.6 is 0 Å². The fourth-order valence-electron chi connectivity index (χ4n) is 10.4. The zero-order valence-electron chi connectivity index (χ0n) is 28.2. The predicted molar refractivity (Wildman–Crippen MR) is 194 cm³/mol. The highest BCUT2D eigenvalue weighted by atomic mass is 14.6. The van der Waals surface area contributed by atoms with Crippen LogP contribution in [-0.2, 0) is 21.7 Å². The first-order valence-corrected chi connectivity index (χ1v) is 17.0. The lowest BCUT2D eigenvalue weighted by atomic mass is 9.62. The van der Waals surface area contributed by atoms with Crippen LogP contribution in [0.1, 0.15) is 99.9 Å². The molecular weight excluding hydrogens is 553 g/mol. The first-order valence-electron chi connectivity index (χ1n) is 17.0. The summed E-state index contributed by atoms with van der Waals surface area (Å²) < 4.78 is 0. The van der Waals surface area contributed by atoms with Crippen LogP contribution in [0.25, 0.3) is 55.3 Å². The zero-order chi connectivity index (χ0) is 31.7. The van der Waals surface area contributed by atoms with Crippen molar-refractivity contribution < 1.29 is 0 Å². The third-order valence-corrected chi connectivity index (χ3v) is 12.7. The molecule has 4 aliphatic rings. The molecule has 46 heavy (non-hydrogen) atoms. The van der Waals surface area contributed by atoms with Crippen molar-refractivity contribution in [2.45, 2.75) is 77.0 Å². The summed E-state index contributed by atoms with van der Waals surface area (Å²) in [5.74, 6) is 0. The number of hydrogen-bond donors (Lipinski definition) is 0. The Bertz CT molecular complexity index is 2210. The Hall–Kier alpha value is -4.42. The highest BCUT2D eigenvalue weighted by Gasteiger charge is 2.54. The maximum absolute atomic E-state index is 2.54. The van der Waals surface area contributed by atoms with E-state index in [9.17, 15) is 0 Å². The third kappa shape index (κ3) is 2.82. The second-order valence-electron chi connectivity index (χ2n) is 16.5. The monoisotopic (exact) mass is 592 g/mol. The summed E-state index contributed by atoms with van der Waals surface area (Å²) in [7, 11) is 0. The topological polar surface area (TPSA) is 0 Å². The molecule has 0 spiro atoms. The van der Waals surface area contributed by atoms with Gasteiger partial charge >= 0.3 is 0 Å². The Morgan fingerprint density at radius 3 is 0.978 bits per heavy atom. The Balaban J connectivity index is 1.41. The summed E-state index contributed by atoms with van der Waals surface area (Å²) in [6.45, 7) is 19.9. The molecule has 0 atom stereocenters. The fourth-order valence-corrected chi connectivity index (χ4v) is 10.4. The van der Waals surface area contributed by atoms with Crippen LogP contribution in [0.5, 0.6) is 0 Å². The Morgan fingerprint density at radius 2 is 0.630 bits per heavy atom. The SMILES string of the molecule is CC1(C)c2cc(-c3ccccc3)cc3c2-c2c1c1c4c5c(ccc(c25)C3(C)C)C(C)(C)c2cc(-c3ccccc3)cc(c2-4)C1(C)C. The van der Waals surface area contributed by atoms with Crippen molar-refractivity contribution in [3.05, 3.63) is 142 Å². The largest absolute Gasteiger partial charge is 0.0622 e. The molecule has 0 saturated carbocycles. The highest BCUT2D eigenvalue weighted by molar-refractivity contribution is 6.19. The molecule has 6 aromatic rings. The summed E-state index contributed by atoms with van der Waals surface area (Å²) in [5.41, 5.74) is 22.9. The van der Waals surface area contributed by atoms with Crippen LogP contribution in [0.4, 0.5) is 0 Å². The summed E-state index contributed by atoms with van der Waals surface area (Å²) in [6.07, 6.45) is 0. The lowest BCUT2D eigenvalue weighted by Gasteiger charge is -2.41. The molecule has 0 nitrogen and oxygen atoms in total. The van der Waals surface area contributed by atoms with E-state index >= 15 is 0 Å². The van der Waals surface area contributed by atoms with E-state index in [0.29, 0.717) is 0 Å². The number of rotatable bonds is 2. The van der Waals surface area contributed by atoms with Gasteiger partial charge in [0.1, 0.15) is 0 Å². The quantitative estimate of drug-likeness (QED) is 0.188. The fraction of sp³-hybridized carbons (Fsp3) is 0.261. The van der Waals surface area contributed by atoms with Gasteiger partial charge < -0.3 is 0 Å². The summed E-state index contributed by atoms with van der Waals surface area (Å²) in [5, 5.41) is 3.05. The van der Waals surface area contributed by atoms with E-state index in [2.05, 4.69) is 152 Å². The predicted octanol–water partition coefficient (Wildman–Crippen LogP) is 12.1. The van der Waals surface area contributed by atoms with Crippen molar-refractivity contribution in [1.29, 1.82) is 0 Å². The van der Waals surface area contributed by atoms with Crippen LogP contribution in [-0.4, -0.2) is 0 Å². The maximum Gasteiger partial charge on any atom is 0.0162 e. The number of hydrogen-bond acceptors (Lipinski definition) is 0. The minimum atomic E-state index is -0.132. The van der Waals surface area contributed by atoms with Gasteiger partial charge in [-0.3, -0.25) is 0 Å². The van der Waals surface area contributed by atoms with Crippen molar-refractivity contribution in [3.8, 4) is 44.5 Å². The van der Waals surface area contributed by atoms with E-state index in [1.54, 1.807) is 11.1 Å². The van der Waals surface area contributed by atoms with E-state index in [4.69, 9.17) is 0 Å². The van der Waals surface area contributed by atoms with Crippen molar-refractivity contribution >= 4 is 10.8 Å². The van der Waals surface area contributed by atoms with E-state index in [0.717, 1.165) is 0 Å². The molecule has 0 fully saturated rings. The summed E-state index contributed by atoms with van der Waals surface area (Å²) >= 11 is 0.